The molecule has 0 atom stereocenters. The van der Waals surface area contributed by atoms with Gasteiger partial charge in [0.1, 0.15) is 28.2 Å². The summed E-state index contributed by atoms with van der Waals surface area (Å²) in [6.45, 7) is 5.43. The van der Waals surface area contributed by atoms with Crippen molar-refractivity contribution in [1.82, 2.24) is 15.0 Å². The Bertz CT molecular complexity index is 778. The lowest BCUT2D eigenvalue weighted by Crippen LogP contribution is -2.25. The Hall–Kier alpha value is -2.44. The maximum atomic E-state index is 12.7. The van der Waals surface area contributed by atoms with Gasteiger partial charge in [-0.05, 0) is 26.7 Å². The number of carbonyl (C=O) groups is 1. The molecule has 3 heterocycles. The van der Waals surface area contributed by atoms with Crippen molar-refractivity contribution in [3.8, 4) is 0 Å². The number of ether oxygens (including phenoxy) is 1. The van der Waals surface area contributed by atoms with Gasteiger partial charge in [0.25, 0.3) is 0 Å². The van der Waals surface area contributed by atoms with Gasteiger partial charge in [-0.15, -0.1) is 0 Å². The van der Waals surface area contributed by atoms with E-state index in [1.165, 1.54) is 6.20 Å². The number of nitrogens with one attached hydrogen (secondary N) is 1. The number of esters is 1. The Morgan fingerprint density at radius 2 is 2.09 bits per heavy atom. The quantitative estimate of drug-likeness (QED) is 0.862. The highest BCUT2D eigenvalue weighted by atomic mass is 16.5. The molecule has 0 spiro atoms. The molecule has 7 heteroatoms. The van der Waals surface area contributed by atoms with E-state index < -0.39 is 5.97 Å². The molecule has 22 heavy (non-hydrogen) atoms. The molecule has 1 N–H and O–H groups in total. The minimum atomic E-state index is -0.626. The van der Waals surface area contributed by atoms with Gasteiger partial charge in [-0.1, -0.05) is 0 Å². The highest BCUT2D eigenvalue weighted by molar-refractivity contribution is 5.96. The average molecular weight is 302 g/mol. The van der Waals surface area contributed by atoms with Crippen molar-refractivity contribution in [3.63, 3.8) is 0 Å². The van der Waals surface area contributed by atoms with Crippen molar-refractivity contribution in [2.24, 2.45) is 0 Å². The smallest absolute Gasteiger partial charge is 0.343 e. The molecule has 116 valence electrons. The van der Waals surface area contributed by atoms with Crippen LogP contribution in [0.2, 0.25) is 0 Å². The van der Waals surface area contributed by atoms with Crippen LogP contribution in [0.5, 0.6) is 0 Å². The number of hydrogen-bond donors (Lipinski definition) is 1. The molecule has 2 aromatic rings. The fourth-order valence-electron chi connectivity index (χ4n) is 2.73. The molecule has 0 unspecified atom stereocenters. The maximum Gasteiger partial charge on any atom is 0.343 e. The van der Waals surface area contributed by atoms with Gasteiger partial charge in [-0.2, -0.15) is 0 Å². The summed E-state index contributed by atoms with van der Waals surface area (Å²) in [5.74, 6) is 0.569. The second-order valence-corrected chi connectivity index (χ2v) is 5.26. The molecule has 0 saturated carbocycles. The van der Waals surface area contributed by atoms with Crippen molar-refractivity contribution in [2.75, 3.05) is 24.6 Å². The van der Waals surface area contributed by atoms with Gasteiger partial charge in [0, 0.05) is 19.3 Å². The minimum absolute atomic E-state index is 0.0118. The monoisotopic (exact) mass is 302 g/mol. The van der Waals surface area contributed by atoms with E-state index in [-0.39, 0.29) is 17.6 Å². The third-order valence-corrected chi connectivity index (χ3v) is 3.73. The first kappa shape index (κ1) is 14.5. The summed E-state index contributed by atoms with van der Waals surface area (Å²) in [5, 5.41) is 0.359. The number of carbonyl (C=O) groups excluding carboxylic acids is 1. The predicted molar refractivity (Wildman–Crippen MR) is 82.3 cm³/mol. The minimum Gasteiger partial charge on any atom is -0.462 e. The van der Waals surface area contributed by atoms with Crippen LogP contribution in [0.15, 0.2) is 11.0 Å². The molecule has 2 aromatic heterocycles. The Labute approximate surface area is 127 Å². The summed E-state index contributed by atoms with van der Waals surface area (Å²) in [5.41, 5.74) is 0.0591. The van der Waals surface area contributed by atoms with Crippen LogP contribution in [0.3, 0.4) is 0 Å². The summed E-state index contributed by atoms with van der Waals surface area (Å²) in [6.07, 6.45) is 3.50. The van der Waals surface area contributed by atoms with Crippen LogP contribution in [0.4, 0.5) is 5.82 Å². The van der Waals surface area contributed by atoms with E-state index in [1.54, 1.807) is 13.8 Å². The highest BCUT2D eigenvalue weighted by Crippen LogP contribution is 2.24. The Morgan fingerprint density at radius 1 is 1.36 bits per heavy atom. The van der Waals surface area contributed by atoms with Crippen LogP contribution >= 0.6 is 0 Å². The molecule has 1 saturated heterocycles. The predicted octanol–water partition coefficient (Wildman–Crippen LogP) is 1.40. The first-order valence-electron chi connectivity index (χ1n) is 7.44. The fourth-order valence-corrected chi connectivity index (χ4v) is 2.73. The molecule has 7 nitrogen and oxygen atoms in total. The average Bonchev–Trinajstić information content (AvgIpc) is 3.00. The van der Waals surface area contributed by atoms with Gasteiger partial charge >= 0.3 is 5.97 Å². The number of fused-ring (bicyclic) bond motifs is 1. The first-order valence-corrected chi connectivity index (χ1v) is 7.44. The second kappa shape index (κ2) is 5.75. The normalized spacial score (nSPS) is 14.5. The van der Waals surface area contributed by atoms with E-state index >= 15 is 0 Å². The molecule has 0 radical (unpaired) electrons. The van der Waals surface area contributed by atoms with E-state index in [2.05, 4.69) is 19.9 Å². The standard InChI is InChI=1S/C15H18N4O3/c1-3-22-15(21)10-8-16-13-11(12(10)20)14(18-9(2)17-13)19-6-4-5-7-19/h8H,3-7H2,1-2H3,(H,16,17,18,20). The van der Waals surface area contributed by atoms with E-state index in [1.807, 2.05) is 0 Å². The van der Waals surface area contributed by atoms with E-state index in [4.69, 9.17) is 4.74 Å². The SMILES string of the molecule is CCOC(=O)c1c[nH]c2nc(C)nc(N3CCCC3)c2c1=O. The molecule has 1 aliphatic rings. The van der Waals surface area contributed by atoms with E-state index in [0.717, 1.165) is 25.9 Å². The van der Waals surface area contributed by atoms with Crippen molar-refractivity contribution < 1.29 is 9.53 Å². The summed E-state index contributed by atoms with van der Waals surface area (Å²) >= 11 is 0. The number of hydrogen-bond acceptors (Lipinski definition) is 6. The van der Waals surface area contributed by atoms with Crippen LogP contribution in [0, 0.1) is 6.92 Å². The zero-order chi connectivity index (χ0) is 15.7. The largest absolute Gasteiger partial charge is 0.462 e. The van der Waals surface area contributed by atoms with Crippen molar-refractivity contribution >= 4 is 22.8 Å². The lowest BCUT2D eigenvalue weighted by molar-refractivity contribution is 0.0524. The van der Waals surface area contributed by atoms with Gasteiger partial charge in [-0.3, -0.25) is 4.79 Å². The van der Waals surface area contributed by atoms with Gasteiger partial charge in [0.15, 0.2) is 0 Å². The number of aromatic amines is 1. The van der Waals surface area contributed by atoms with Gasteiger partial charge in [0.2, 0.25) is 5.43 Å². The molecule has 0 amide bonds. The van der Waals surface area contributed by atoms with Gasteiger partial charge in [-0.25, -0.2) is 14.8 Å². The molecule has 1 aliphatic heterocycles. The fraction of sp³-hybridized carbons (Fsp3) is 0.467. The topological polar surface area (TPSA) is 88.2 Å². The lowest BCUT2D eigenvalue weighted by Gasteiger charge is -2.18. The molecule has 0 bridgehead atoms. The molecular formula is C15H18N4O3. The summed E-state index contributed by atoms with van der Waals surface area (Å²) in [7, 11) is 0. The zero-order valence-corrected chi connectivity index (χ0v) is 12.7. The van der Waals surface area contributed by atoms with Gasteiger partial charge < -0.3 is 14.6 Å². The van der Waals surface area contributed by atoms with Crippen molar-refractivity contribution in [1.29, 1.82) is 0 Å². The third kappa shape index (κ3) is 2.43. The summed E-state index contributed by atoms with van der Waals surface area (Å²) in [6, 6.07) is 0. The highest BCUT2D eigenvalue weighted by Gasteiger charge is 2.22. The van der Waals surface area contributed by atoms with Crippen LogP contribution in [-0.4, -0.2) is 40.6 Å². The van der Waals surface area contributed by atoms with Gasteiger partial charge in [0.05, 0.1) is 6.61 Å². The number of H-pyrrole nitrogens is 1. The molecule has 0 aromatic carbocycles. The number of aromatic nitrogens is 3. The number of anilines is 1. The number of aryl methyl sites for hydroxylation is 1. The number of pyridine rings is 1. The van der Waals surface area contributed by atoms with Crippen LogP contribution in [0.1, 0.15) is 35.9 Å². The summed E-state index contributed by atoms with van der Waals surface area (Å²) < 4.78 is 4.93. The van der Waals surface area contributed by atoms with Crippen molar-refractivity contribution in [3.05, 3.63) is 27.8 Å². The first-order chi connectivity index (χ1) is 10.6. The van der Waals surface area contributed by atoms with E-state index in [9.17, 15) is 9.59 Å². The van der Waals surface area contributed by atoms with Crippen LogP contribution < -0.4 is 10.3 Å². The molecule has 0 aliphatic carbocycles. The zero-order valence-electron chi connectivity index (χ0n) is 12.7. The maximum absolute atomic E-state index is 12.7. The van der Waals surface area contributed by atoms with Crippen molar-refractivity contribution in [2.45, 2.75) is 26.7 Å². The third-order valence-electron chi connectivity index (χ3n) is 3.73. The van der Waals surface area contributed by atoms with Crippen LogP contribution in [0.25, 0.3) is 11.0 Å². The number of nitrogens with zero attached hydrogens (tertiary/aromatic N) is 3. The molecule has 3 rings (SSSR count). The molecule has 1 fully saturated rings. The second-order valence-electron chi connectivity index (χ2n) is 5.26. The summed E-state index contributed by atoms with van der Waals surface area (Å²) in [4.78, 5) is 38.3. The van der Waals surface area contributed by atoms with Crippen LogP contribution in [-0.2, 0) is 4.74 Å². The lowest BCUT2D eigenvalue weighted by atomic mass is 10.2. The Kier molecular flexibility index (Phi) is 3.79. The molecular weight excluding hydrogens is 284 g/mol. The Morgan fingerprint density at radius 3 is 2.77 bits per heavy atom. The Balaban J connectivity index is 2.23. The van der Waals surface area contributed by atoms with E-state index in [0.29, 0.717) is 22.7 Å². The number of rotatable bonds is 3.